The third kappa shape index (κ3) is 3.32. The van der Waals surface area contributed by atoms with Gasteiger partial charge in [0.25, 0.3) is 0 Å². The molecule has 0 spiro atoms. The molecule has 0 heterocycles. The van der Waals surface area contributed by atoms with Crippen molar-refractivity contribution in [2.75, 3.05) is 6.54 Å². The Morgan fingerprint density at radius 3 is 1.94 bits per heavy atom. The van der Waals surface area contributed by atoms with Gasteiger partial charge in [0.1, 0.15) is 5.82 Å². The average Bonchev–Trinajstić information content (AvgIpc) is 2.24. The van der Waals surface area contributed by atoms with E-state index in [1.165, 1.54) is 5.56 Å². The molecule has 102 valence electrons. The Kier molecular flexibility index (Phi) is 4.55. The molecule has 1 aromatic rings. The van der Waals surface area contributed by atoms with Crippen LogP contribution >= 0.6 is 0 Å². The quantitative estimate of drug-likeness (QED) is 0.848. The maximum Gasteiger partial charge on any atom is 0.123 e. The number of nitrogens with one attached hydrogen (secondary N) is 1. The van der Waals surface area contributed by atoms with Gasteiger partial charge in [0, 0.05) is 11.5 Å². The first-order valence-electron chi connectivity index (χ1n) is 6.69. The van der Waals surface area contributed by atoms with Crippen LogP contribution in [0.15, 0.2) is 24.3 Å². The van der Waals surface area contributed by atoms with Crippen molar-refractivity contribution in [2.24, 2.45) is 5.41 Å². The molecule has 1 nitrogen and oxygen atoms in total. The topological polar surface area (TPSA) is 12.0 Å². The molecule has 1 aromatic carbocycles. The summed E-state index contributed by atoms with van der Waals surface area (Å²) in [5.41, 5.74) is 1.28. The molecule has 0 saturated heterocycles. The van der Waals surface area contributed by atoms with Gasteiger partial charge in [-0.25, -0.2) is 4.39 Å². The maximum atomic E-state index is 13.0. The van der Waals surface area contributed by atoms with Crippen molar-refractivity contribution >= 4 is 0 Å². The molecular formula is C16H26FN. The van der Waals surface area contributed by atoms with Gasteiger partial charge >= 0.3 is 0 Å². The van der Waals surface area contributed by atoms with Crippen molar-refractivity contribution in [1.29, 1.82) is 0 Å². The molecule has 0 saturated carbocycles. The molecule has 0 amide bonds. The van der Waals surface area contributed by atoms with Crippen LogP contribution in [0.5, 0.6) is 0 Å². The zero-order valence-electron chi connectivity index (χ0n) is 12.5. The van der Waals surface area contributed by atoms with Gasteiger partial charge in [-0.2, -0.15) is 0 Å². The minimum Gasteiger partial charge on any atom is -0.313 e. The zero-order chi connectivity index (χ0) is 14.0. The molecule has 1 unspecified atom stereocenters. The van der Waals surface area contributed by atoms with Crippen LogP contribution in [0.4, 0.5) is 4.39 Å². The highest BCUT2D eigenvalue weighted by atomic mass is 19.1. The summed E-state index contributed by atoms with van der Waals surface area (Å²) in [4.78, 5) is 0. The lowest BCUT2D eigenvalue weighted by atomic mass is 9.67. The fraction of sp³-hybridized carbons (Fsp3) is 0.625. The molecule has 0 radical (unpaired) electrons. The van der Waals surface area contributed by atoms with Gasteiger partial charge in [0.15, 0.2) is 0 Å². The molecule has 0 aliphatic carbocycles. The summed E-state index contributed by atoms with van der Waals surface area (Å²) in [5.74, 6) is -0.176. The highest BCUT2D eigenvalue weighted by molar-refractivity contribution is 5.27. The molecule has 1 atom stereocenters. The first-order chi connectivity index (χ1) is 8.19. The fourth-order valence-corrected chi connectivity index (χ4v) is 2.89. The van der Waals surface area contributed by atoms with Crippen molar-refractivity contribution < 1.29 is 4.39 Å². The van der Waals surface area contributed by atoms with Crippen molar-refractivity contribution in [3.63, 3.8) is 0 Å². The summed E-state index contributed by atoms with van der Waals surface area (Å²) in [5, 5.41) is 3.58. The summed E-state index contributed by atoms with van der Waals surface area (Å²) in [6, 6.07) is 7.21. The Labute approximate surface area is 111 Å². The van der Waals surface area contributed by atoms with Gasteiger partial charge in [-0.05, 0) is 29.7 Å². The van der Waals surface area contributed by atoms with E-state index in [0.717, 1.165) is 6.54 Å². The van der Waals surface area contributed by atoms with E-state index < -0.39 is 0 Å². The van der Waals surface area contributed by atoms with Gasteiger partial charge in [0.05, 0.1) is 0 Å². The van der Waals surface area contributed by atoms with Crippen LogP contribution in [0.3, 0.4) is 0 Å². The number of halogens is 1. The maximum absolute atomic E-state index is 13.0. The van der Waals surface area contributed by atoms with Crippen LogP contribution < -0.4 is 5.32 Å². The number of rotatable bonds is 4. The largest absolute Gasteiger partial charge is 0.313 e. The van der Waals surface area contributed by atoms with E-state index in [2.05, 4.69) is 46.9 Å². The summed E-state index contributed by atoms with van der Waals surface area (Å²) < 4.78 is 13.0. The van der Waals surface area contributed by atoms with E-state index in [-0.39, 0.29) is 16.6 Å². The van der Waals surface area contributed by atoms with E-state index in [0.29, 0.717) is 6.04 Å². The van der Waals surface area contributed by atoms with Gasteiger partial charge in [-0.1, -0.05) is 53.7 Å². The van der Waals surface area contributed by atoms with Crippen LogP contribution in [0.1, 0.15) is 47.1 Å². The molecule has 18 heavy (non-hydrogen) atoms. The van der Waals surface area contributed by atoms with Crippen LogP contribution in [-0.2, 0) is 5.41 Å². The molecule has 0 aliphatic rings. The lowest BCUT2D eigenvalue weighted by molar-refractivity contribution is 0.185. The monoisotopic (exact) mass is 251 g/mol. The lowest BCUT2D eigenvalue weighted by Crippen LogP contribution is -2.52. The standard InChI is InChI=1S/C16H26FN/c1-7-18-14(15(2,3)4)16(5,6)12-8-10-13(17)11-9-12/h8-11,14,18H,7H2,1-6H3. The number of benzene rings is 1. The SMILES string of the molecule is CCNC(C(C)(C)C)C(C)(C)c1ccc(F)cc1. The van der Waals surface area contributed by atoms with E-state index in [1.54, 1.807) is 12.1 Å². The molecule has 0 aromatic heterocycles. The Hall–Kier alpha value is -0.890. The Bertz CT molecular complexity index is 373. The third-order valence-electron chi connectivity index (χ3n) is 3.58. The van der Waals surface area contributed by atoms with Crippen LogP contribution in [0, 0.1) is 11.2 Å². The number of hydrogen-bond donors (Lipinski definition) is 1. The highest BCUT2D eigenvalue weighted by Crippen LogP contribution is 2.36. The van der Waals surface area contributed by atoms with Crippen molar-refractivity contribution in [3.8, 4) is 0 Å². The van der Waals surface area contributed by atoms with Crippen molar-refractivity contribution in [2.45, 2.75) is 53.0 Å². The second-order valence-corrected chi connectivity index (χ2v) is 6.59. The van der Waals surface area contributed by atoms with Gasteiger partial charge in [-0.3, -0.25) is 0 Å². The predicted octanol–water partition coefficient (Wildman–Crippen LogP) is 4.13. The number of hydrogen-bond acceptors (Lipinski definition) is 1. The normalized spacial score (nSPS) is 14.6. The van der Waals surface area contributed by atoms with Gasteiger partial charge in [-0.15, -0.1) is 0 Å². The Morgan fingerprint density at radius 1 is 1.06 bits per heavy atom. The fourth-order valence-electron chi connectivity index (χ4n) is 2.89. The van der Waals surface area contributed by atoms with Crippen molar-refractivity contribution in [1.82, 2.24) is 5.32 Å². The minimum absolute atomic E-state index is 0.0397. The zero-order valence-corrected chi connectivity index (χ0v) is 12.5. The van der Waals surface area contributed by atoms with Gasteiger partial charge < -0.3 is 5.32 Å². The van der Waals surface area contributed by atoms with Crippen molar-refractivity contribution in [3.05, 3.63) is 35.6 Å². The Balaban J connectivity index is 3.12. The summed E-state index contributed by atoms with van der Waals surface area (Å²) >= 11 is 0. The van der Waals surface area contributed by atoms with Crippen LogP contribution in [0.25, 0.3) is 0 Å². The molecule has 0 fully saturated rings. The first-order valence-corrected chi connectivity index (χ1v) is 6.69. The summed E-state index contributed by atoms with van der Waals surface area (Å²) in [6.45, 7) is 14.2. The average molecular weight is 251 g/mol. The smallest absolute Gasteiger partial charge is 0.123 e. The lowest BCUT2D eigenvalue weighted by Gasteiger charge is -2.44. The van der Waals surface area contributed by atoms with Crippen LogP contribution in [0.2, 0.25) is 0 Å². The molecule has 1 rings (SSSR count). The number of likely N-dealkylation sites (N-methyl/N-ethyl adjacent to an activating group) is 1. The highest BCUT2D eigenvalue weighted by Gasteiger charge is 2.38. The molecule has 1 N–H and O–H groups in total. The van der Waals surface area contributed by atoms with E-state index in [4.69, 9.17) is 0 Å². The van der Waals surface area contributed by atoms with Gasteiger partial charge in [0.2, 0.25) is 0 Å². The summed E-state index contributed by atoms with van der Waals surface area (Å²) in [7, 11) is 0. The van der Waals surface area contributed by atoms with Crippen LogP contribution in [-0.4, -0.2) is 12.6 Å². The molecule has 0 aliphatic heterocycles. The van der Waals surface area contributed by atoms with E-state index >= 15 is 0 Å². The molecule has 2 heteroatoms. The predicted molar refractivity (Wildman–Crippen MR) is 76.3 cm³/mol. The minimum atomic E-state index is -0.176. The third-order valence-corrected chi connectivity index (χ3v) is 3.58. The molecule has 0 bridgehead atoms. The second kappa shape index (κ2) is 5.40. The Morgan fingerprint density at radius 2 is 1.56 bits per heavy atom. The summed E-state index contributed by atoms with van der Waals surface area (Å²) in [6.07, 6.45) is 0. The van der Waals surface area contributed by atoms with E-state index in [1.807, 2.05) is 12.1 Å². The van der Waals surface area contributed by atoms with E-state index in [9.17, 15) is 4.39 Å². The second-order valence-electron chi connectivity index (χ2n) is 6.59. The first kappa shape index (κ1) is 15.2. The molecular weight excluding hydrogens is 225 g/mol.